The molecule has 0 aromatic carbocycles. The minimum atomic E-state index is -0.873. The van der Waals surface area contributed by atoms with Gasteiger partial charge in [0.25, 0.3) is 0 Å². The lowest BCUT2D eigenvalue weighted by Crippen LogP contribution is -2.33. The molecular formula is C7H12N4O2. The predicted molar refractivity (Wildman–Crippen MR) is 44.9 cm³/mol. The van der Waals surface area contributed by atoms with Gasteiger partial charge in [0.2, 0.25) is 0 Å². The molecule has 2 N–H and O–H groups in total. The highest BCUT2D eigenvalue weighted by Crippen LogP contribution is 1.91. The number of carbonyl (C=O) groups is 1. The first-order valence-electron chi connectivity index (χ1n) is 3.90. The topological polar surface area (TPSA) is 80.0 Å². The number of carboxylic acids is 1. The van der Waals surface area contributed by atoms with Gasteiger partial charge >= 0.3 is 5.97 Å². The highest BCUT2D eigenvalue weighted by Gasteiger charge is 2.10. The number of nitrogens with one attached hydrogen (secondary N) is 1. The molecule has 1 aromatic rings. The van der Waals surface area contributed by atoms with E-state index >= 15 is 0 Å². The van der Waals surface area contributed by atoms with E-state index in [1.807, 2.05) is 0 Å². The van der Waals surface area contributed by atoms with Gasteiger partial charge in [-0.15, -0.1) is 0 Å². The van der Waals surface area contributed by atoms with E-state index in [1.54, 1.807) is 18.7 Å². The summed E-state index contributed by atoms with van der Waals surface area (Å²) in [6, 6.07) is -0.572. The molecule has 72 valence electrons. The monoisotopic (exact) mass is 184 g/mol. The van der Waals surface area contributed by atoms with Crippen LogP contribution in [-0.2, 0) is 18.4 Å². The van der Waals surface area contributed by atoms with Gasteiger partial charge in [-0.05, 0) is 6.92 Å². The van der Waals surface area contributed by atoms with Crippen molar-refractivity contribution in [3.63, 3.8) is 0 Å². The van der Waals surface area contributed by atoms with E-state index in [2.05, 4.69) is 15.4 Å². The van der Waals surface area contributed by atoms with Crippen molar-refractivity contribution in [3.05, 3.63) is 12.2 Å². The number of hydrogen-bond donors (Lipinski definition) is 2. The largest absolute Gasteiger partial charge is 0.480 e. The molecule has 1 heterocycles. The molecule has 0 aliphatic heterocycles. The van der Waals surface area contributed by atoms with Gasteiger partial charge in [-0.2, -0.15) is 5.10 Å². The minimum Gasteiger partial charge on any atom is -0.480 e. The van der Waals surface area contributed by atoms with E-state index in [4.69, 9.17) is 5.11 Å². The maximum atomic E-state index is 10.4. The highest BCUT2D eigenvalue weighted by molar-refractivity contribution is 5.72. The van der Waals surface area contributed by atoms with Crippen LogP contribution in [0.4, 0.5) is 0 Å². The summed E-state index contributed by atoms with van der Waals surface area (Å²) < 4.78 is 1.60. The van der Waals surface area contributed by atoms with Gasteiger partial charge < -0.3 is 5.11 Å². The molecule has 1 atom stereocenters. The summed E-state index contributed by atoms with van der Waals surface area (Å²) in [5.74, 6) is -0.157. The van der Waals surface area contributed by atoms with Gasteiger partial charge in [-0.1, -0.05) is 0 Å². The van der Waals surface area contributed by atoms with Crippen LogP contribution in [0, 0.1) is 0 Å². The van der Waals surface area contributed by atoms with E-state index < -0.39 is 12.0 Å². The molecule has 6 nitrogen and oxygen atoms in total. The lowest BCUT2D eigenvalue weighted by atomic mass is 10.3. The van der Waals surface area contributed by atoms with Crippen LogP contribution >= 0.6 is 0 Å². The number of rotatable bonds is 4. The van der Waals surface area contributed by atoms with Crippen molar-refractivity contribution in [2.45, 2.75) is 19.5 Å². The maximum Gasteiger partial charge on any atom is 0.320 e. The van der Waals surface area contributed by atoms with Gasteiger partial charge in [0.05, 0.1) is 6.54 Å². The summed E-state index contributed by atoms with van der Waals surface area (Å²) in [6.07, 6.45) is 1.43. The first-order chi connectivity index (χ1) is 6.11. The fraction of sp³-hybridized carbons (Fsp3) is 0.571. The van der Waals surface area contributed by atoms with Crippen molar-refractivity contribution in [3.8, 4) is 0 Å². The van der Waals surface area contributed by atoms with E-state index in [1.165, 1.54) is 6.33 Å². The summed E-state index contributed by atoms with van der Waals surface area (Å²) in [6.45, 7) is 1.99. The Hall–Kier alpha value is -1.43. The highest BCUT2D eigenvalue weighted by atomic mass is 16.4. The fourth-order valence-electron chi connectivity index (χ4n) is 0.812. The average Bonchev–Trinajstić information content (AvgIpc) is 2.47. The van der Waals surface area contributed by atoms with Crippen LogP contribution in [-0.4, -0.2) is 31.9 Å². The number of aryl methyl sites for hydroxylation is 1. The Morgan fingerprint density at radius 1 is 1.85 bits per heavy atom. The second kappa shape index (κ2) is 3.99. The van der Waals surface area contributed by atoms with Crippen LogP contribution in [0.3, 0.4) is 0 Å². The number of aromatic nitrogens is 3. The van der Waals surface area contributed by atoms with Crippen LogP contribution < -0.4 is 5.32 Å². The van der Waals surface area contributed by atoms with Crippen molar-refractivity contribution in [2.75, 3.05) is 0 Å². The zero-order chi connectivity index (χ0) is 9.84. The van der Waals surface area contributed by atoms with Gasteiger partial charge in [0.1, 0.15) is 18.2 Å². The molecule has 0 saturated heterocycles. The average molecular weight is 184 g/mol. The van der Waals surface area contributed by atoms with Crippen molar-refractivity contribution in [2.24, 2.45) is 7.05 Å². The standard InChI is InChI=1S/C7H12N4O2/c1-5(7(12)13)8-3-6-9-4-10-11(6)2/h4-5,8H,3H2,1-2H3,(H,12,13). The van der Waals surface area contributed by atoms with Crippen LogP contribution in [0.25, 0.3) is 0 Å². The molecule has 0 fully saturated rings. The second-order valence-electron chi connectivity index (χ2n) is 2.74. The quantitative estimate of drug-likeness (QED) is 0.651. The smallest absolute Gasteiger partial charge is 0.320 e. The number of nitrogens with zero attached hydrogens (tertiary/aromatic N) is 3. The summed E-state index contributed by atoms with van der Waals surface area (Å²) >= 11 is 0. The molecule has 0 aliphatic rings. The molecular weight excluding hydrogens is 172 g/mol. The van der Waals surface area contributed by atoms with Crippen molar-refractivity contribution in [1.29, 1.82) is 0 Å². The zero-order valence-corrected chi connectivity index (χ0v) is 7.56. The Labute approximate surface area is 75.6 Å². The second-order valence-corrected chi connectivity index (χ2v) is 2.74. The van der Waals surface area contributed by atoms with E-state index in [0.29, 0.717) is 12.4 Å². The molecule has 0 bridgehead atoms. The Bertz CT molecular complexity index is 296. The summed E-state index contributed by atoms with van der Waals surface area (Å²) in [7, 11) is 1.76. The number of aliphatic carboxylic acids is 1. The summed E-state index contributed by atoms with van der Waals surface area (Å²) in [5.41, 5.74) is 0. The number of carboxylic acid groups (broad SMARTS) is 1. The molecule has 0 spiro atoms. The fourth-order valence-corrected chi connectivity index (χ4v) is 0.812. The summed E-state index contributed by atoms with van der Waals surface area (Å²) in [4.78, 5) is 14.4. The predicted octanol–water partition coefficient (Wildman–Crippen LogP) is -0.622. The van der Waals surface area contributed by atoms with Crippen molar-refractivity contribution in [1.82, 2.24) is 20.1 Å². The molecule has 0 radical (unpaired) electrons. The normalized spacial score (nSPS) is 12.8. The minimum absolute atomic E-state index is 0.407. The first-order valence-corrected chi connectivity index (χ1v) is 3.90. The lowest BCUT2D eigenvalue weighted by molar-refractivity contribution is -0.139. The molecule has 0 amide bonds. The van der Waals surface area contributed by atoms with E-state index in [0.717, 1.165) is 0 Å². The Morgan fingerprint density at radius 2 is 2.54 bits per heavy atom. The Balaban J connectivity index is 2.44. The molecule has 0 saturated carbocycles. The lowest BCUT2D eigenvalue weighted by Gasteiger charge is -2.07. The Kier molecular flexibility index (Phi) is 2.97. The zero-order valence-electron chi connectivity index (χ0n) is 7.56. The molecule has 1 unspecified atom stereocenters. The van der Waals surface area contributed by atoms with Crippen molar-refractivity contribution >= 4 is 5.97 Å². The van der Waals surface area contributed by atoms with Gasteiger partial charge in [-0.3, -0.25) is 14.8 Å². The SMILES string of the molecule is CC(NCc1ncnn1C)C(=O)O. The molecule has 1 rings (SSSR count). The van der Waals surface area contributed by atoms with Gasteiger partial charge in [-0.25, -0.2) is 4.98 Å². The maximum absolute atomic E-state index is 10.4. The third kappa shape index (κ3) is 2.51. The van der Waals surface area contributed by atoms with Crippen LogP contribution in [0.15, 0.2) is 6.33 Å². The van der Waals surface area contributed by atoms with Crippen LogP contribution in [0.1, 0.15) is 12.7 Å². The van der Waals surface area contributed by atoms with Gasteiger partial charge in [0.15, 0.2) is 0 Å². The molecule has 0 aliphatic carbocycles. The van der Waals surface area contributed by atoms with Gasteiger partial charge in [0, 0.05) is 7.05 Å². The third-order valence-electron chi connectivity index (χ3n) is 1.74. The Morgan fingerprint density at radius 3 is 3.00 bits per heavy atom. The molecule has 1 aromatic heterocycles. The third-order valence-corrected chi connectivity index (χ3v) is 1.74. The number of hydrogen-bond acceptors (Lipinski definition) is 4. The molecule has 6 heteroatoms. The van der Waals surface area contributed by atoms with Crippen molar-refractivity contribution < 1.29 is 9.90 Å². The van der Waals surface area contributed by atoms with Crippen LogP contribution in [0.2, 0.25) is 0 Å². The van der Waals surface area contributed by atoms with E-state index in [9.17, 15) is 4.79 Å². The summed E-state index contributed by atoms with van der Waals surface area (Å²) in [5, 5.41) is 15.2. The van der Waals surface area contributed by atoms with Crippen LogP contribution in [0.5, 0.6) is 0 Å². The first kappa shape index (κ1) is 9.66. The van der Waals surface area contributed by atoms with E-state index in [-0.39, 0.29) is 0 Å². The molecule has 13 heavy (non-hydrogen) atoms.